The Bertz CT molecular complexity index is 564. The zero-order valence-electron chi connectivity index (χ0n) is 12.9. The van der Waals surface area contributed by atoms with Gasteiger partial charge < -0.3 is 15.1 Å². The smallest absolute Gasteiger partial charge is 0.313 e. The van der Waals surface area contributed by atoms with Gasteiger partial charge in [-0.3, -0.25) is 14.4 Å². The number of carbonyl (C=O) groups is 3. The van der Waals surface area contributed by atoms with Crippen molar-refractivity contribution in [2.45, 2.75) is 19.8 Å². The van der Waals surface area contributed by atoms with Crippen LogP contribution in [0.2, 0.25) is 0 Å². The van der Waals surface area contributed by atoms with E-state index >= 15 is 0 Å². The van der Waals surface area contributed by atoms with E-state index in [2.05, 4.69) is 5.32 Å². The van der Waals surface area contributed by atoms with E-state index in [1.54, 1.807) is 11.0 Å². The van der Waals surface area contributed by atoms with Crippen molar-refractivity contribution in [3.8, 4) is 0 Å². The molecule has 1 fully saturated rings. The molecule has 1 saturated heterocycles. The van der Waals surface area contributed by atoms with E-state index in [-0.39, 0.29) is 5.92 Å². The second kappa shape index (κ2) is 7.06. The van der Waals surface area contributed by atoms with Gasteiger partial charge in [0.2, 0.25) is 6.41 Å². The maximum absolute atomic E-state index is 12.2. The minimum Gasteiger partial charge on any atom is -0.342 e. The highest BCUT2D eigenvalue weighted by Gasteiger charge is 2.26. The third kappa shape index (κ3) is 3.63. The quantitative estimate of drug-likeness (QED) is 0.670. The van der Waals surface area contributed by atoms with Gasteiger partial charge in [0.25, 0.3) is 0 Å². The van der Waals surface area contributed by atoms with Crippen LogP contribution in [-0.2, 0) is 14.4 Å². The molecule has 1 aromatic rings. The summed E-state index contributed by atoms with van der Waals surface area (Å²) in [6, 6.07) is 7.47. The van der Waals surface area contributed by atoms with E-state index in [4.69, 9.17) is 0 Å². The second-order valence-electron chi connectivity index (χ2n) is 5.63. The largest absolute Gasteiger partial charge is 0.342 e. The molecule has 0 atom stereocenters. The van der Waals surface area contributed by atoms with Crippen LogP contribution < -0.4 is 5.32 Å². The standard InChI is InChI=1S/C16H21N3O3/c1-12(2)13-5-3-4-6-14(13)17-15(21)16(22)19-9-7-18(11-20)8-10-19/h3-6,11-12H,7-10H2,1-2H3,(H,17,21). The highest BCUT2D eigenvalue weighted by molar-refractivity contribution is 6.39. The van der Waals surface area contributed by atoms with Crippen molar-refractivity contribution in [2.24, 2.45) is 0 Å². The molecule has 6 heteroatoms. The maximum atomic E-state index is 12.2. The van der Waals surface area contributed by atoms with E-state index in [1.807, 2.05) is 32.0 Å². The highest BCUT2D eigenvalue weighted by atomic mass is 16.2. The van der Waals surface area contributed by atoms with Crippen molar-refractivity contribution in [3.05, 3.63) is 29.8 Å². The molecule has 0 aromatic heterocycles. The lowest BCUT2D eigenvalue weighted by atomic mass is 10.0. The van der Waals surface area contributed by atoms with Gasteiger partial charge in [-0.2, -0.15) is 0 Å². The minimum absolute atomic E-state index is 0.253. The first-order valence-electron chi connectivity index (χ1n) is 7.41. The minimum atomic E-state index is -0.632. The Hall–Kier alpha value is -2.37. The molecule has 0 aliphatic carbocycles. The van der Waals surface area contributed by atoms with Crippen molar-refractivity contribution in [2.75, 3.05) is 31.5 Å². The van der Waals surface area contributed by atoms with Crippen molar-refractivity contribution >= 4 is 23.9 Å². The molecule has 0 spiro atoms. The molecule has 6 nitrogen and oxygen atoms in total. The second-order valence-corrected chi connectivity index (χ2v) is 5.63. The molecule has 0 saturated carbocycles. The van der Waals surface area contributed by atoms with Gasteiger partial charge in [0.1, 0.15) is 0 Å². The number of piperazine rings is 1. The molecule has 118 valence electrons. The van der Waals surface area contributed by atoms with Crippen LogP contribution in [0.4, 0.5) is 5.69 Å². The number of anilines is 1. The average molecular weight is 303 g/mol. The molecule has 0 bridgehead atoms. The van der Waals surface area contributed by atoms with Gasteiger partial charge in [-0.05, 0) is 17.5 Å². The Morgan fingerprint density at radius 2 is 1.77 bits per heavy atom. The lowest BCUT2D eigenvalue weighted by molar-refractivity contribution is -0.144. The van der Waals surface area contributed by atoms with Crippen LogP contribution in [0.5, 0.6) is 0 Å². The predicted molar refractivity (Wildman–Crippen MR) is 83.4 cm³/mol. The van der Waals surface area contributed by atoms with Gasteiger partial charge in [-0.25, -0.2) is 0 Å². The summed E-state index contributed by atoms with van der Waals surface area (Å²) in [6.07, 6.45) is 0.765. The molecule has 0 radical (unpaired) electrons. The number of amides is 3. The van der Waals surface area contributed by atoms with Crippen LogP contribution in [0.3, 0.4) is 0 Å². The lowest BCUT2D eigenvalue weighted by Crippen LogP contribution is -2.51. The van der Waals surface area contributed by atoms with Crippen molar-refractivity contribution in [1.82, 2.24) is 9.80 Å². The summed E-state index contributed by atoms with van der Waals surface area (Å²) in [7, 11) is 0. The van der Waals surface area contributed by atoms with Crippen LogP contribution in [0, 0.1) is 0 Å². The number of para-hydroxylation sites is 1. The molecule has 1 heterocycles. The first-order chi connectivity index (χ1) is 10.5. The van der Waals surface area contributed by atoms with E-state index in [9.17, 15) is 14.4 Å². The van der Waals surface area contributed by atoms with E-state index in [0.717, 1.165) is 12.0 Å². The van der Waals surface area contributed by atoms with Crippen molar-refractivity contribution < 1.29 is 14.4 Å². The Morgan fingerprint density at radius 3 is 2.36 bits per heavy atom. The first kappa shape index (κ1) is 16.0. The van der Waals surface area contributed by atoms with Gasteiger partial charge >= 0.3 is 11.8 Å². The Kier molecular flexibility index (Phi) is 5.14. The monoisotopic (exact) mass is 303 g/mol. The lowest BCUT2D eigenvalue weighted by Gasteiger charge is -2.32. The molecule has 2 rings (SSSR count). The number of carbonyl (C=O) groups excluding carboxylic acids is 3. The van der Waals surface area contributed by atoms with E-state index in [0.29, 0.717) is 31.9 Å². The van der Waals surface area contributed by atoms with Gasteiger partial charge in [0, 0.05) is 31.9 Å². The number of rotatable bonds is 3. The summed E-state index contributed by atoms with van der Waals surface area (Å²) in [6.45, 7) is 5.76. The molecule has 0 unspecified atom stereocenters. The number of hydrogen-bond acceptors (Lipinski definition) is 3. The van der Waals surface area contributed by atoms with Crippen LogP contribution >= 0.6 is 0 Å². The van der Waals surface area contributed by atoms with Gasteiger partial charge in [-0.15, -0.1) is 0 Å². The fourth-order valence-corrected chi connectivity index (χ4v) is 2.46. The molecule has 1 aromatic carbocycles. The highest BCUT2D eigenvalue weighted by Crippen LogP contribution is 2.23. The van der Waals surface area contributed by atoms with Crippen LogP contribution in [0.1, 0.15) is 25.3 Å². The van der Waals surface area contributed by atoms with Gasteiger partial charge in [0.15, 0.2) is 0 Å². The zero-order valence-corrected chi connectivity index (χ0v) is 12.9. The Morgan fingerprint density at radius 1 is 1.14 bits per heavy atom. The molecule has 1 aliphatic rings. The number of nitrogens with zero attached hydrogens (tertiary/aromatic N) is 2. The summed E-state index contributed by atoms with van der Waals surface area (Å²) in [4.78, 5) is 38.1. The van der Waals surface area contributed by atoms with Crippen LogP contribution in [0.25, 0.3) is 0 Å². The third-order valence-electron chi connectivity index (χ3n) is 3.78. The third-order valence-corrected chi connectivity index (χ3v) is 3.78. The van der Waals surface area contributed by atoms with Crippen molar-refractivity contribution in [3.63, 3.8) is 0 Å². The van der Waals surface area contributed by atoms with Crippen molar-refractivity contribution in [1.29, 1.82) is 0 Å². The summed E-state index contributed by atoms with van der Waals surface area (Å²) in [5.74, 6) is -0.931. The zero-order chi connectivity index (χ0) is 16.1. The fourth-order valence-electron chi connectivity index (χ4n) is 2.46. The number of hydrogen-bond donors (Lipinski definition) is 1. The fraction of sp³-hybridized carbons (Fsp3) is 0.438. The maximum Gasteiger partial charge on any atom is 0.313 e. The molecular formula is C16H21N3O3. The predicted octanol–water partition coefficient (Wildman–Crippen LogP) is 1.05. The number of nitrogens with one attached hydrogen (secondary N) is 1. The van der Waals surface area contributed by atoms with E-state index < -0.39 is 11.8 Å². The SMILES string of the molecule is CC(C)c1ccccc1NC(=O)C(=O)N1CCN(C=O)CC1. The summed E-state index contributed by atoms with van der Waals surface area (Å²) in [5, 5.41) is 2.70. The Balaban J connectivity index is 2.01. The van der Waals surface area contributed by atoms with E-state index in [1.165, 1.54) is 4.90 Å². The topological polar surface area (TPSA) is 69.7 Å². The van der Waals surface area contributed by atoms with Crippen LogP contribution in [-0.4, -0.2) is 54.2 Å². The summed E-state index contributed by atoms with van der Waals surface area (Å²) >= 11 is 0. The van der Waals surface area contributed by atoms with Crippen LogP contribution in [0.15, 0.2) is 24.3 Å². The van der Waals surface area contributed by atoms with Gasteiger partial charge in [-0.1, -0.05) is 32.0 Å². The molecule has 1 N–H and O–H groups in total. The summed E-state index contributed by atoms with van der Waals surface area (Å²) in [5.41, 5.74) is 1.66. The first-order valence-corrected chi connectivity index (χ1v) is 7.41. The van der Waals surface area contributed by atoms with Gasteiger partial charge in [0.05, 0.1) is 0 Å². The normalized spacial score (nSPS) is 14.9. The molecule has 3 amide bonds. The molecule has 1 aliphatic heterocycles. The number of benzene rings is 1. The molecular weight excluding hydrogens is 282 g/mol. The summed E-state index contributed by atoms with van der Waals surface area (Å²) < 4.78 is 0. The Labute approximate surface area is 130 Å². The molecule has 22 heavy (non-hydrogen) atoms. The average Bonchev–Trinajstić information content (AvgIpc) is 2.54.